The molecule has 0 aliphatic carbocycles. The molecular weight excluding hydrogens is 258 g/mol. The molecule has 0 amide bonds. The van der Waals surface area contributed by atoms with Gasteiger partial charge < -0.3 is 0 Å². The molecule has 3 rings (SSSR count). The highest BCUT2D eigenvalue weighted by Crippen LogP contribution is 2.22. The molecule has 2 aromatic carbocycles. The van der Waals surface area contributed by atoms with Gasteiger partial charge in [0.1, 0.15) is 0 Å². The van der Waals surface area contributed by atoms with Gasteiger partial charge in [-0.25, -0.2) is 0 Å². The molecular formula is C19H23NO. The molecule has 0 N–H and O–H groups in total. The van der Waals surface area contributed by atoms with Crippen LogP contribution in [-0.2, 0) is 17.9 Å². The first kappa shape index (κ1) is 14.3. The third-order valence-corrected chi connectivity index (χ3v) is 4.10. The van der Waals surface area contributed by atoms with Crippen LogP contribution in [0.3, 0.4) is 0 Å². The maximum Gasteiger partial charge on any atom is 0.0935 e. The Kier molecular flexibility index (Phi) is 5.03. The third-order valence-electron chi connectivity index (χ3n) is 4.10. The lowest BCUT2D eigenvalue weighted by molar-refractivity contribution is -0.229. The summed E-state index contributed by atoms with van der Waals surface area (Å²) in [6.45, 7) is 2.86. The molecule has 0 spiro atoms. The van der Waals surface area contributed by atoms with E-state index in [1.807, 2.05) is 6.07 Å². The van der Waals surface area contributed by atoms with E-state index in [9.17, 15) is 0 Å². The van der Waals surface area contributed by atoms with Gasteiger partial charge in [0, 0.05) is 13.1 Å². The van der Waals surface area contributed by atoms with E-state index in [2.05, 4.69) is 59.7 Å². The first-order valence-electron chi connectivity index (χ1n) is 7.86. The molecule has 2 aromatic rings. The van der Waals surface area contributed by atoms with E-state index >= 15 is 0 Å². The molecule has 110 valence electrons. The van der Waals surface area contributed by atoms with Gasteiger partial charge >= 0.3 is 0 Å². The van der Waals surface area contributed by atoms with Crippen LogP contribution in [0.15, 0.2) is 60.7 Å². The van der Waals surface area contributed by atoms with E-state index in [-0.39, 0.29) is 0 Å². The van der Waals surface area contributed by atoms with Crippen molar-refractivity contribution in [1.29, 1.82) is 0 Å². The van der Waals surface area contributed by atoms with Crippen molar-refractivity contribution in [2.45, 2.75) is 25.9 Å². The second-order valence-electron chi connectivity index (χ2n) is 5.85. The van der Waals surface area contributed by atoms with E-state index in [1.165, 1.54) is 30.4 Å². The summed E-state index contributed by atoms with van der Waals surface area (Å²) in [6.07, 6.45) is 3.78. The van der Waals surface area contributed by atoms with Crippen LogP contribution in [0.2, 0.25) is 0 Å². The van der Waals surface area contributed by atoms with Gasteiger partial charge in [-0.3, -0.25) is 4.84 Å². The quantitative estimate of drug-likeness (QED) is 0.758. The minimum atomic E-state index is 0.692. The Balaban J connectivity index is 1.28. The van der Waals surface area contributed by atoms with Gasteiger partial charge in [0.25, 0.3) is 0 Å². The Hall–Kier alpha value is -1.64. The number of aryl methyl sites for hydroxylation is 1. The first-order chi connectivity index (χ1) is 10.4. The van der Waals surface area contributed by atoms with E-state index in [0.29, 0.717) is 6.61 Å². The van der Waals surface area contributed by atoms with Crippen molar-refractivity contribution in [3.8, 4) is 0 Å². The number of hydrogen-bond donors (Lipinski definition) is 0. The molecule has 0 saturated carbocycles. The zero-order valence-electron chi connectivity index (χ0n) is 12.4. The summed E-state index contributed by atoms with van der Waals surface area (Å²) in [4.78, 5) is 5.79. The zero-order chi connectivity index (χ0) is 14.3. The number of rotatable bonds is 7. The fourth-order valence-electron chi connectivity index (χ4n) is 2.79. The van der Waals surface area contributed by atoms with Gasteiger partial charge in [-0.1, -0.05) is 60.7 Å². The fraction of sp³-hybridized carbons (Fsp3) is 0.368. The maximum absolute atomic E-state index is 5.79. The summed E-state index contributed by atoms with van der Waals surface area (Å²) in [7, 11) is 0. The van der Waals surface area contributed by atoms with Crippen molar-refractivity contribution < 1.29 is 4.84 Å². The van der Waals surface area contributed by atoms with Gasteiger partial charge in [-0.05, 0) is 36.3 Å². The molecule has 1 fully saturated rings. The molecule has 0 aromatic heterocycles. The maximum atomic E-state index is 5.79. The fourth-order valence-corrected chi connectivity index (χ4v) is 2.79. The van der Waals surface area contributed by atoms with Crippen molar-refractivity contribution in [3.63, 3.8) is 0 Å². The van der Waals surface area contributed by atoms with Crippen LogP contribution in [0.1, 0.15) is 24.0 Å². The van der Waals surface area contributed by atoms with Crippen LogP contribution in [0.4, 0.5) is 0 Å². The Morgan fingerprint density at radius 1 is 0.857 bits per heavy atom. The zero-order valence-corrected chi connectivity index (χ0v) is 12.4. The van der Waals surface area contributed by atoms with E-state index in [1.54, 1.807) is 0 Å². The monoisotopic (exact) mass is 281 g/mol. The smallest absolute Gasteiger partial charge is 0.0935 e. The average molecular weight is 281 g/mol. The minimum absolute atomic E-state index is 0.692. The molecule has 21 heavy (non-hydrogen) atoms. The normalized spacial score (nSPS) is 15.8. The molecule has 0 bridgehead atoms. The Morgan fingerprint density at radius 2 is 1.48 bits per heavy atom. The van der Waals surface area contributed by atoms with Gasteiger partial charge in [0.2, 0.25) is 0 Å². The molecule has 1 aliphatic rings. The summed E-state index contributed by atoms with van der Waals surface area (Å²) in [5, 5.41) is 2.10. The second kappa shape index (κ2) is 7.39. The van der Waals surface area contributed by atoms with Crippen molar-refractivity contribution >= 4 is 0 Å². The number of hydrogen-bond acceptors (Lipinski definition) is 2. The highest BCUT2D eigenvalue weighted by Gasteiger charge is 2.26. The molecule has 0 atom stereocenters. The summed E-state index contributed by atoms with van der Waals surface area (Å²) in [5.41, 5.74) is 2.69. The summed E-state index contributed by atoms with van der Waals surface area (Å²) in [5.74, 6) is 0.810. The number of nitrogens with zero attached hydrogens (tertiary/aromatic N) is 1. The first-order valence-corrected chi connectivity index (χ1v) is 7.86. The summed E-state index contributed by atoms with van der Waals surface area (Å²) < 4.78 is 0. The standard InChI is InChI=1S/C19H23NO/c1-3-8-17(9-4-1)12-7-13-19-14-20(15-19)21-16-18-10-5-2-6-11-18/h1-6,8-11,19H,7,12-16H2. The summed E-state index contributed by atoms with van der Waals surface area (Å²) >= 11 is 0. The lowest BCUT2D eigenvalue weighted by Gasteiger charge is -2.38. The van der Waals surface area contributed by atoms with Crippen LogP contribution in [-0.4, -0.2) is 18.2 Å². The molecule has 2 heteroatoms. The van der Waals surface area contributed by atoms with E-state index < -0.39 is 0 Å². The highest BCUT2D eigenvalue weighted by atomic mass is 16.7. The van der Waals surface area contributed by atoms with Gasteiger partial charge in [-0.2, -0.15) is 5.06 Å². The largest absolute Gasteiger partial charge is 0.294 e. The third kappa shape index (κ3) is 4.42. The Morgan fingerprint density at radius 3 is 2.14 bits per heavy atom. The number of hydroxylamine groups is 2. The molecule has 2 nitrogen and oxygen atoms in total. The lowest BCUT2D eigenvalue weighted by atomic mass is 9.94. The predicted molar refractivity (Wildman–Crippen MR) is 85.7 cm³/mol. The van der Waals surface area contributed by atoms with Crippen molar-refractivity contribution in [1.82, 2.24) is 5.06 Å². The molecule has 1 aliphatic heterocycles. The topological polar surface area (TPSA) is 12.5 Å². The van der Waals surface area contributed by atoms with E-state index in [0.717, 1.165) is 19.0 Å². The Labute approximate surface area is 127 Å². The van der Waals surface area contributed by atoms with Crippen molar-refractivity contribution in [2.75, 3.05) is 13.1 Å². The van der Waals surface area contributed by atoms with Gasteiger partial charge in [0.15, 0.2) is 0 Å². The Bertz CT molecular complexity index is 520. The number of benzene rings is 2. The second-order valence-corrected chi connectivity index (χ2v) is 5.85. The van der Waals surface area contributed by atoms with Crippen LogP contribution >= 0.6 is 0 Å². The molecule has 1 heterocycles. The van der Waals surface area contributed by atoms with Crippen LogP contribution in [0, 0.1) is 5.92 Å². The molecule has 1 saturated heterocycles. The minimum Gasteiger partial charge on any atom is -0.294 e. The summed E-state index contributed by atoms with van der Waals surface area (Å²) in [6, 6.07) is 21.1. The molecule has 0 unspecified atom stereocenters. The SMILES string of the molecule is c1ccc(CCCC2CN(OCc3ccccc3)C2)cc1. The average Bonchev–Trinajstić information content (AvgIpc) is 2.51. The highest BCUT2D eigenvalue weighted by molar-refractivity contribution is 5.14. The van der Waals surface area contributed by atoms with Crippen LogP contribution < -0.4 is 0 Å². The van der Waals surface area contributed by atoms with Gasteiger partial charge in [0.05, 0.1) is 6.61 Å². The van der Waals surface area contributed by atoms with Crippen molar-refractivity contribution in [3.05, 3.63) is 71.8 Å². The van der Waals surface area contributed by atoms with Gasteiger partial charge in [-0.15, -0.1) is 0 Å². The van der Waals surface area contributed by atoms with Crippen molar-refractivity contribution in [2.24, 2.45) is 5.92 Å². The lowest BCUT2D eigenvalue weighted by Crippen LogP contribution is -2.46. The predicted octanol–water partition coefficient (Wildman–Crippen LogP) is 4.07. The van der Waals surface area contributed by atoms with E-state index in [4.69, 9.17) is 4.84 Å². The molecule has 0 radical (unpaired) electrons. The van der Waals surface area contributed by atoms with Crippen LogP contribution in [0.5, 0.6) is 0 Å². The van der Waals surface area contributed by atoms with Crippen LogP contribution in [0.25, 0.3) is 0 Å².